The molecule has 0 saturated carbocycles. The van der Waals surface area contributed by atoms with E-state index in [9.17, 15) is 26.4 Å². The second kappa shape index (κ2) is 14.4. The standard InChI is InChI=1S/C33H36N4O6S2/c1-25(35-33(39)29-16-20-31(21-17-29)37(45(3,42)43)24-27-12-8-5-9-13-27)22-34-32(38)28-14-18-30(19-15-28)36(44(2,40)41)23-26-10-6-4-7-11-26/h4-21,25H,22-24H2,1-3H3,(H,34,38)(H,35,39)/t25-/m0/s1. The summed E-state index contributed by atoms with van der Waals surface area (Å²) in [7, 11) is -7.14. The number of carbonyl (C=O) groups excluding carboxylic acids is 2. The molecule has 2 N–H and O–H groups in total. The van der Waals surface area contributed by atoms with Crippen LogP contribution in [0.3, 0.4) is 0 Å². The minimum atomic E-state index is -3.57. The highest BCUT2D eigenvalue weighted by Gasteiger charge is 2.20. The van der Waals surface area contributed by atoms with Gasteiger partial charge in [-0.05, 0) is 66.6 Å². The van der Waals surface area contributed by atoms with Crippen molar-refractivity contribution in [1.82, 2.24) is 10.6 Å². The molecule has 12 heteroatoms. The van der Waals surface area contributed by atoms with Crippen LogP contribution in [0, 0.1) is 0 Å². The van der Waals surface area contributed by atoms with Gasteiger partial charge in [-0.15, -0.1) is 0 Å². The molecule has 0 aliphatic carbocycles. The number of anilines is 2. The van der Waals surface area contributed by atoms with Crippen molar-refractivity contribution in [2.45, 2.75) is 26.1 Å². The Hall–Kier alpha value is -4.68. The maximum absolute atomic E-state index is 12.8. The van der Waals surface area contributed by atoms with Gasteiger partial charge in [0.1, 0.15) is 0 Å². The molecule has 1 atom stereocenters. The average Bonchev–Trinajstić information content (AvgIpc) is 3.01. The number of nitrogens with one attached hydrogen (secondary N) is 2. The molecule has 4 rings (SSSR count). The Labute approximate surface area is 264 Å². The number of carbonyl (C=O) groups is 2. The lowest BCUT2D eigenvalue weighted by atomic mass is 10.1. The number of hydrogen-bond acceptors (Lipinski definition) is 6. The van der Waals surface area contributed by atoms with Crippen LogP contribution < -0.4 is 19.2 Å². The number of hydrogen-bond donors (Lipinski definition) is 2. The first-order valence-corrected chi connectivity index (χ1v) is 17.8. The van der Waals surface area contributed by atoms with Crippen LogP contribution in [-0.2, 0) is 33.1 Å². The van der Waals surface area contributed by atoms with E-state index in [-0.39, 0.29) is 31.4 Å². The van der Waals surface area contributed by atoms with Gasteiger partial charge >= 0.3 is 0 Å². The summed E-state index contributed by atoms with van der Waals surface area (Å²) in [6, 6.07) is 30.6. The zero-order valence-corrected chi connectivity index (χ0v) is 26.9. The molecule has 0 unspecified atom stereocenters. The third kappa shape index (κ3) is 9.40. The van der Waals surface area contributed by atoms with Crippen LogP contribution in [0.15, 0.2) is 109 Å². The van der Waals surface area contributed by atoms with Crippen LogP contribution in [0.4, 0.5) is 11.4 Å². The van der Waals surface area contributed by atoms with E-state index in [4.69, 9.17) is 0 Å². The summed E-state index contributed by atoms with van der Waals surface area (Å²) in [6.07, 6.45) is 2.27. The van der Waals surface area contributed by atoms with Crippen molar-refractivity contribution in [3.8, 4) is 0 Å². The van der Waals surface area contributed by atoms with Gasteiger partial charge in [-0.1, -0.05) is 60.7 Å². The van der Waals surface area contributed by atoms with E-state index in [1.807, 2.05) is 60.7 Å². The highest BCUT2D eigenvalue weighted by atomic mass is 32.2. The maximum atomic E-state index is 12.8. The molecule has 0 aliphatic heterocycles. The Morgan fingerprint density at radius 3 is 1.36 bits per heavy atom. The summed E-state index contributed by atoms with van der Waals surface area (Å²) in [5.74, 6) is -0.749. The molecule has 0 saturated heterocycles. The van der Waals surface area contributed by atoms with Crippen molar-refractivity contribution in [2.75, 3.05) is 27.7 Å². The van der Waals surface area contributed by atoms with Crippen LogP contribution in [0.1, 0.15) is 38.8 Å². The quantitative estimate of drug-likeness (QED) is 0.224. The molecule has 236 valence electrons. The molecule has 45 heavy (non-hydrogen) atoms. The van der Waals surface area contributed by atoms with Gasteiger partial charge in [-0.25, -0.2) is 16.8 Å². The highest BCUT2D eigenvalue weighted by Crippen LogP contribution is 2.23. The molecular weight excluding hydrogens is 613 g/mol. The summed E-state index contributed by atoms with van der Waals surface area (Å²) < 4.78 is 52.4. The summed E-state index contributed by atoms with van der Waals surface area (Å²) in [4.78, 5) is 25.6. The second-order valence-corrected chi connectivity index (χ2v) is 14.5. The predicted octanol–water partition coefficient (Wildman–Crippen LogP) is 4.17. The van der Waals surface area contributed by atoms with Gasteiger partial charge in [0.25, 0.3) is 11.8 Å². The fraction of sp³-hybridized carbons (Fsp3) is 0.212. The SMILES string of the molecule is C[C@@H](CNC(=O)c1ccc(N(Cc2ccccc2)S(C)(=O)=O)cc1)NC(=O)c1ccc(N(Cc2ccccc2)S(C)(=O)=O)cc1. The molecule has 10 nitrogen and oxygen atoms in total. The average molecular weight is 649 g/mol. The Kier molecular flexibility index (Phi) is 10.6. The molecule has 0 radical (unpaired) electrons. The Balaban J connectivity index is 1.33. The van der Waals surface area contributed by atoms with E-state index >= 15 is 0 Å². The number of amides is 2. The molecule has 4 aromatic rings. The molecular formula is C33H36N4O6S2. The van der Waals surface area contributed by atoms with Crippen molar-refractivity contribution >= 4 is 43.2 Å². The number of nitrogens with zero attached hydrogens (tertiary/aromatic N) is 2. The summed E-state index contributed by atoms with van der Waals surface area (Å²) in [6.45, 7) is 2.21. The van der Waals surface area contributed by atoms with Crippen molar-refractivity contribution in [2.24, 2.45) is 0 Å². The summed E-state index contributed by atoms with van der Waals surface area (Å²) in [5.41, 5.74) is 3.21. The predicted molar refractivity (Wildman–Crippen MR) is 177 cm³/mol. The number of rotatable bonds is 13. The normalized spacial score (nSPS) is 12.2. The van der Waals surface area contributed by atoms with E-state index in [1.54, 1.807) is 55.5 Å². The minimum Gasteiger partial charge on any atom is -0.350 e. The van der Waals surface area contributed by atoms with Gasteiger partial charge in [0.2, 0.25) is 20.0 Å². The topological polar surface area (TPSA) is 133 Å². The molecule has 0 aliphatic rings. The Morgan fingerprint density at radius 1 is 0.600 bits per heavy atom. The van der Waals surface area contributed by atoms with Crippen LogP contribution in [0.5, 0.6) is 0 Å². The Morgan fingerprint density at radius 2 is 0.978 bits per heavy atom. The van der Waals surface area contributed by atoms with Crippen molar-refractivity contribution in [1.29, 1.82) is 0 Å². The van der Waals surface area contributed by atoms with Crippen molar-refractivity contribution < 1.29 is 26.4 Å². The Bertz CT molecular complexity index is 1820. The van der Waals surface area contributed by atoms with Crippen molar-refractivity contribution in [3.05, 3.63) is 131 Å². The van der Waals surface area contributed by atoms with Crippen LogP contribution >= 0.6 is 0 Å². The molecule has 0 bridgehead atoms. The van der Waals surface area contributed by atoms with E-state index in [2.05, 4.69) is 10.6 Å². The van der Waals surface area contributed by atoms with Crippen LogP contribution in [0.2, 0.25) is 0 Å². The van der Waals surface area contributed by atoms with Crippen LogP contribution in [-0.4, -0.2) is 53.7 Å². The maximum Gasteiger partial charge on any atom is 0.251 e. The zero-order chi connectivity index (χ0) is 32.6. The summed E-state index contributed by atoms with van der Waals surface area (Å²) in [5, 5.41) is 5.61. The lowest BCUT2D eigenvalue weighted by Crippen LogP contribution is -2.41. The second-order valence-electron chi connectivity index (χ2n) is 10.7. The molecule has 2 amide bonds. The third-order valence-electron chi connectivity index (χ3n) is 6.92. The van der Waals surface area contributed by atoms with Crippen molar-refractivity contribution in [3.63, 3.8) is 0 Å². The van der Waals surface area contributed by atoms with Gasteiger partial charge in [0.15, 0.2) is 0 Å². The fourth-order valence-corrected chi connectivity index (χ4v) is 6.34. The molecule has 4 aromatic carbocycles. The first-order chi connectivity index (χ1) is 21.3. The first-order valence-electron chi connectivity index (χ1n) is 14.1. The molecule has 0 spiro atoms. The van der Waals surface area contributed by atoms with Gasteiger partial charge in [0.05, 0.1) is 37.0 Å². The largest absolute Gasteiger partial charge is 0.350 e. The van der Waals surface area contributed by atoms with Crippen LogP contribution in [0.25, 0.3) is 0 Å². The monoisotopic (exact) mass is 648 g/mol. The minimum absolute atomic E-state index is 0.146. The number of benzene rings is 4. The smallest absolute Gasteiger partial charge is 0.251 e. The summed E-state index contributed by atoms with van der Waals surface area (Å²) >= 11 is 0. The fourth-order valence-electron chi connectivity index (χ4n) is 4.56. The van der Waals surface area contributed by atoms with Gasteiger partial charge in [-0.3, -0.25) is 18.2 Å². The van der Waals surface area contributed by atoms with Gasteiger partial charge in [-0.2, -0.15) is 0 Å². The third-order valence-corrected chi connectivity index (χ3v) is 9.20. The molecule has 0 heterocycles. The molecule has 0 fully saturated rings. The lowest BCUT2D eigenvalue weighted by molar-refractivity contribution is 0.0912. The van der Waals surface area contributed by atoms with E-state index in [0.717, 1.165) is 23.6 Å². The number of sulfonamides is 2. The van der Waals surface area contributed by atoms with E-state index < -0.39 is 26.1 Å². The first kappa shape index (κ1) is 33.2. The zero-order valence-electron chi connectivity index (χ0n) is 25.3. The van der Waals surface area contributed by atoms with Gasteiger partial charge < -0.3 is 10.6 Å². The molecule has 0 aromatic heterocycles. The van der Waals surface area contributed by atoms with E-state index in [1.165, 1.54) is 8.61 Å². The van der Waals surface area contributed by atoms with E-state index in [0.29, 0.717) is 22.5 Å². The lowest BCUT2D eigenvalue weighted by Gasteiger charge is -2.23. The highest BCUT2D eigenvalue weighted by molar-refractivity contribution is 7.92. The van der Waals surface area contributed by atoms with Gasteiger partial charge in [0, 0.05) is 23.7 Å².